The molecule has 0 radical (unpaired) electrons. The molecule has 15 heavy (non-hydrogen) atoms. The molecule has 1 rings (SSSR count). The molecule has 1 aromatic rings. The molecule has 0 aliphatic heterocycles. The first-order valence-electron chi connectivity index (χ1n) is 4.06. The third-order valence-corrected chi connectivity index (χ3v) is 1.88. The minimum absolute atomic E-state index is 0.0620. The first-order chi connectivity index (χ1) is 7.09. The summed E-state index contributed by atoms with van der Waals surface area (Å²) in [6, 6.07) is 1.28. The highest BCUT2D eigenvalue weighted by Gasteiger charge is 2.03. The smallest absolute Gasteiger partial charge is 0.404 e. The Bertz CT molecular complexity index is 362. The molecular formula is C8H9BrFN3O2. The lowest BCUT2D eigenvalue weighted by Crippen LogP contribution is -2.19. The predicted octanol–water partition coefficient (Wildman–Crippen LogP) is 1.49. The number of amides is 1. The minimum atomic E-state index is -0.860. The Labute approximate surface area is 93.9 Å². The molecule has 0 fully saturated rings. The van der Waals surface area contributed by atoms with Crippen molar-refractivity contribution in [1.29, 1.82) is 0 Å². The highest BCUT2D eigenvalue weighted by atomic mass is 79.9. The van der Waals surface area contributed by atoms with Crippen molar-refractivity contribution in [3.05, 3.63) is 22.6 Å². The number of hydrogen-bond donors (Lipinski definition) is 2. The molecule has 0 bridgehead atoms. The van der Waals surface area contributed by atoms with Crippen molar-refractivity contribution in [2.75, 3.05) is 18.5 Å². The van der Waals surface area contributed by atoms with Gasteiger partial charge in [0.05, 0.1) is 6.54 Å². The number of nitrogens with two attached hydrogens (primary N) is 1. The zero-order valence-corrected chi connectivity index (χ0v) is 9.25. The number of carbonyl (C=O) groups is 1. The van der Waals surface area contributed by atoms with Gasteiger partial charge < -0.3 is 15.8 Å². The molecular weight excluding hydrogens is 269 g/mol. The van der Waals surface area contributed by atoms with Gasteiger partial charge in [0.25, 0.3) is 0 Å². The van der Waals surface area contributed by atoms with Crippen molar-refractivity contribution in [3.63, 3.8) is 0 Å². The van der Waals surface area contributed by atoms with Gasteiger partial charge in [-0.1, -0.05) is 0 Å². The number of carbonyl (C=O) groups excluding carboxylic acids is 1. The maximum Gasteiger partial charge on any atom is 0.404 e. The number of ether oxygens (including phenoxy) is 1. The predicted molar refractivity (Wildman–Crippen MR) is 55.9 cm³/mol. The van der Waals surface area contributed by atoms with Crippen molar-refractivity contribution in [2.24, 2.45) is 5.73 Å². The van der Waals surface area contributed by atoms with Crippen LogP contribution in [0.4, 0.5) is 15.0 Å². The second-order valence-electron chi connectivity index (χ2n) is 2.58. The standard InChI is InChI=1S/C8H9BrFN3O2/c9-5-3-6(10)7(13-4-5)12-1-2-15-8(11)14/h3-4H,1-2H2,(H2,11,14)(H,12,13). The molecule has 0 saturated heterocycles. The zero-order chi connectivity index (χ0) is 11.3. The molecule has 1 aromatic heterocycles. The van der Waals surface area contributed by atoms with Crippen LogP contribution >= 0.6 is 15.9 Å². The minimum Gasteiger partial charge on any atom is -0.448 e. The second kappa shape index (κ2) is 5.50. The maximum atomic E-state index is 13.1. The van der Waals surface area contributed by atoms with Crippen LogP contribution in [0.1, 0.15) is 0 Å². The van der Waals surface area contributed by atoms with Crippen LogP contribution in [0, 0.1) is 5.82 Å². The molecule has 1 heterocycles. The van der Waals surface area contributed by atoms with E-state index in [0.717, 1.165) is 0 Å². The number of primary amides is 1. The van der Waals surface area contributed by atoms with E-state index in [1.807, 2.05) is 0 Å². The van der Waals surface area contributed by atoms with E-state index < -0.39 is 11.9 Å². The van der Waals surface area contributed by atoms with Crippen molar-refractivity contribution in [3.8, 4) is 0 Å². The molecule has 5 nitrogen and oxygen atoms in total. The Morgan fingerprint density at radius 1 is 1.73 bits per heavy atom. The van der Waals surface area contributed by atoms with E-state index in [9.17, 15) is 9.18 Å². The topological polar surface area (TPSA) is 77.2 Å². The number of anilines is 1. The molecule has 7 heteroatoms. The molecule has 0 unspecified atom stereocenters. The normalized spacial score (nSPS) is 9.73. The summed E-state index contributed by atoms with van der Waals surface area (Å²) in [5.74, 6) is -0.380. The highest BCUT2D eigenvalue weighted by Crippen LogP contribution is 2.15. The average Bonchev–Trinajstić information content (AvgIpc) is 2.14. The summed E-state index contributed by atoms with van der Waals surface area (Å²) in [4.78, 5) is 14.0. The van der Waals surface area contributed by atoms with Crippen LogP contribution in [0.5, 0.6) is 0 Å². The van der Waals surface area contributed by atoms with E-state index in [2.05, 4.69) is 31.0 Å². The summed E-state index contributed by atoms with van der Waals surface area (Å²) in [6.45, 7) is 0.307. The second-order valence-corrected chi connectivity index (χ2v) is 3.49. The quantitative estimate of drug-likeness (QED) is 0.818. The van der Waals surface area contributed by atoms with Crippen molar-refractivity contribution >= 4 is 27.8 Å². The fourth-order valence-electron chi connectivity index (χ4n) is 0.866. The molecule has 0 aliphatic rings. The molecule has 0 saturated carbocycles. The maximum absolute atomic E-state index is 13.1. The van der Waals surface area contributed by atoms with Gasteiger partial charge in [-0.15, -0.1) is 0 Å². The van der Waals surface area contributed by atoms with Crippen LogP contribution in [0.25, 0.3) is 0 Å². The van der Waals surface area contributed by atoms with Gasteiger partial charge in [0.2, 0.25) is 0 Å². The van der Waals surface area contributed by atoms with Crippen molar-refractivity contribution in [1.82, 2.24) is 4.98 Å². The van der Waals surface area contributed by atoms with Gasteiger partial charge in [-0.2, -0.15) is 0 Å². The fourth-order valence-corrected chi connectivity index (χ4v) is 1.17. The summed E-state index contributed by atoms with van der Waals surface area (Å²) in [5, 5.41) is 2.66. The molecule has 0 atom stereocenters. The van der Waals surface area contributed by atoms with Gasteiger partial charge in [-0.25, -0.2) is 14.2 Å². The van der Waals surface area contributed by atoms with E-state index in [-0.39, 0.29) is 19.0 Å². The number of nitrogens with zero attached hydrogens (tertiary/aromatic N) is 1. The van der Waals surface area contributed by atoms with Crippen LogP contribution in [0.3, 0.4) is 0 Å². The lowest BCUT2D eigenvalue weighted by atomic mass is 10.4. The zero-order valence-electron chi connectivity index (χ0n) is 7.67. The molecule has 0 aliphatic carbocycles. The van der Waals surface area contributed by atoms with E-state index >= 15 is 0 Å². The van der Waals surface area contributed by atoms with Crippen LogP contribution in [0.15, 0.2) is 16.7 Å². The van der Waals surface area contributed by atoms with E-state index in [0.29, 0.717) is 4.47 Å². The van der Waals surface area contributed by atoms with Crippen molar-refractivity contribution in [2.45, 2.75) is 0 Å². The fraction of sp³-hybridized carbons (Fsp3) is 0.250. The Hall–Kier alpha value is -1.37. The lowest BCUT2D eigenvalue weighted by Gasteiger charge is -2.06. The van der Waals surface area contributed by atoms with Gasteiger partial charge in [-0.3, -0.25) is 0 Å². The largest absolute Gasteiger partial charge is 0.448 e. The van der Waals surface area contributed by atoms with Gasteiger partial charge in [-0.05, 0) is 22.0 Å². The van der Waals surface area contributed by atoms with E-state index in [4.69, 9.17) is 5.73 Å². The van der Waals surface area contributed by atoms with Gasteiger partial charge in [0, 0.05) is 10.7 Å². The summed E-state index contributed by atoms with van der Waals surface area (Å²) in [7, 11) is 0. The van der Waals surface area contributed by atoms with Crippen LogP contribution < -0.4 is 11.1 Å². The molecule has 1 amide bonds. The van der Waals surface area contributed by atoms with Gasteiger partial charge in [0.15, 0.2) is 11.6 Å². The summed E-state index contributed by atoms with van der Waals surface area (Å²) in [5.41, 5.74) is 4.74. The molecule has 0 spiro atoms. The number of halogens is 2. The molecule has 3 N–H and O–H groups in total. The van der Waals surface area contributed by atoms with Crippen LogP contribution in [-0.2, 0) is 4.74 Å². The average molecular weight is 278 g/mol. The Morgan fingerprint density at radius 3 is 3.07 bits per heavy atom. The monoisotopic (exact) mass is 277 g/mol. The number of pyridine rings is 1. The molecule has 82 valence electrons. The first-order valence-corrected chi connectivity index (χ1v) is 4.86. The molecule has 0 aromatic carbocycles. The summed E-state index contributed by atoms with van der Waals surface area (Å²) >= 11 is 3.08. The first kappa shape index (κ1) is 11.7. The SMILES string of the molecule is NC(=O)OCCNc1ncc(Br)cc1F. The third kappa shape index (κ3) is 4.11. The lowest BCUT2D eigenvalue weighted by molar-refractivity contribution is 0.161. The van der Waals surface area contributed by atoms with Crippen LogP contribution in [0.2, 0.25) is 0 Å². The summed E-state index contributed by atoms with van der Waals surface area (Å²) < 4.78 is 18.1. The Morgan fingerprint density at radius 2 is 2.47 bits per heavy atom. The highest BCUT2D eigenvalue weighted by molar-refractivity contribution is 9.10. The number of hydrogen-bond acceptors (Lipinski definition) is 4. The van der Waals surface area contributed by atoms with E-state index in [1.165, 1.54) is 12.3 Å². The number of nitrogens with one attached hydrogen (secondary N) is 1. The van der Waals surface area contributed by atoms with Gasteiger partial charge >= 0.3 is 6.09 Å². The number of aromatic nitrogens is 1. The third-order valence-electron chi connectivity index (χ3n) is 1.45. The Kier molecular flexibility index (Phi) is 4.29. The summed E-state index contributed by atoms with van der Waals surface area (Å²) in [6.07, 6.45) is 0.599. The van der Waals surface area contributed by atoms with Crippen LogP contribution in [-0.4, -0.2) is 24.2 Å². The Balaban J connectivity index is 2.40. The van der Waals surface area contributed by atoms with E-state index in [1.54, 1.807) is 0 Å². The van der Waals surface area contributed by atoms with Gasteiger partial charge in [0.1, 0.15) is 6.61 Å². The van der Waals surface area contributed by atoms with Crippen molar-refractivity contribution < 1.29 is 13.9 Å². The number of rotatable bonds is 4.